The van der Waals surface area contributed by atoms with E-state index in [4.69, 9.17) is 5.73 Å². The molecule has 0 unspecified atom stereocenters. The Kier molecular flexibility index (Phi) is 2.78. The van der Waals surface area contributed by atoms with Crippen LogP contribution in [0.4, 0.5) is 0 Å². The van der Waals surface area contributed by atoms with Gasteiger partial charge in [-0.2, -0.15) is 0 Å². The van der Waals surface area contributed by atoms with Crippen molar-refractivity contribution < 1.29 is 0 Å². The summed E-state index contributed by atoms with van der Waals surface area (Å²) in [6.07, 6.45) is 4.08. The second-order valence-corrected chi connectivity index (χ2v) is 5.59. The van der Waals surface area contributed by atoms with Crippen LogP contribution in [0.25, 0.3) is 10.9 Å². The molecule has 0 radical (unpaired) electrons. The first-order valence-corrected chi connectivity index (χ1v) is 7.28. The molecule has 0 bridgehead atoms. The fourth-order valence-corrected chi connectivity index (χ4v) is 2.99. The molecule has 1 aliphatic rings. The molecule has 0 atom stereocenters. The summed E-state index contributed by atoms with van der Waals surface area (Å²) in [7, 11) is 0. The van der Waals surface area contributed by atoms with Gasteiger partial charge in [-0.05, 0) is 53.1 Å². The van der Waals surface area contributed by atoms with E-state index >= 15 is 0 Å². The molecular formula is C18H17N3. The van der Waals surface area contributed by atoms with E-state index in [1.54, 1.807) is 0 Å². The van der Waals surface area contributed by atoms with Gasteiger partial charge in [0.1, 0.15) is 5.84 Å². The maximum absolute atomic E-state index is 5.85. The number of fused-ring (bicyclic) bond motifs is 2. The van der Waals surface area contributed by atoms with Gasteiger partial charge in [0.2, 0.25) is 0 Å². The zero-order chi connectivity index (χ0) is 14.2. The predicted octanol–water partition coefficient (Wildman–Crippen LogP) is 3.17. The number of aromatic amines is 1. The first kappa shape index (κ1) is 12.2. The van der Waals surface area contributed by atoms with Gasteiger partial charge in [0.25, 0.3) is 0 Å². The van der Waals surface area contributed by atoms with Crippen molar-refractivity contribution in [2.24, 2.45) is 10.7 Å². The summed E-state index contributed by atoms with van der Waals surface area (Å²) < 4.78 is 0. The monoisotopic (exact) mass is 275 g/mol. The minimum Gasteiger partial charge on any atom is -0.383 e. The van der Waals surface area contributed by atoms with Crippen LogP contribution in [-0.4, -0.2) is 10.8 Å². The summed E-state index contributed by atoms with van der Waals surface area (Å²) in [5, 5.41) is 1.28. The molecule has 3 aromatic rings. The van der Waals surface area contributed by atoms with Gasteiger partial charge in [-0.25, -0.2) is 0 Å². The number of aliphatic imine (C=N–C) groups is 1. The summed E-state index contributed by atoms with van der Waals surface area (Å²) in [6.45, 7) is 0.727. The molecule has 0 spiro atoms. The second-order valence-electron chi connectivity index (χ2n) is 5.59. The summed E-state index contributed by atoms with van der Waals surface area (Å²) in [4.78, 5) is 7.51. The molecule has 104 valence electrons. The molecule has 0 amide bonds. The Bertz CT molecular complexity index is 843. The number of aromatic nitrogens is 1. The number of aryl methyl sites for hydroxylation is 2. The van der Waals surface area contributed by atoms with Gasteiger partial charge in [0.05, 0.1) is 6.54 Å². The van der Waals surface area contributed by atoms with Crippen LogP contribution in [0.1, 0.15) is 22.3 Å². The van der Waals surface area contributed by atoms with E-state index < -0.39 is 0 Å². The molecule has 3 nitrogen and oxygen atoms in total. The lowest BCUT2D eigenvalue weighted by Crippen LogP contribution is -2.10. The van der Waals surface area contributed by atoms with Crippen molar-refractivity contribution in [2.45, 2.75) is 19.4 Å². The van der Waals surface area contributed by atoms with Crippen molar-refractivity contribution in [3.8, 4) is 0 Å². The van der Waals surface area contributed by atoms with Gasteiger partial charge in [0.15, 0.2) is 0 Å². The van der Waals surface area contributed by atoms with Crippen LogP contribution < -0.4 is 5.73 Å². The molecule has 3 N–H and O–H groups in total. The smallest absolute Gasteiger partial charge is 0.126 e. The van der Waals surface area contributed by atoms with Gasteiger partial charge < -0.3 is 10.7 Å². The number of benzene rings is 2. The van der Waals surface area contributed by atoms with E-state index in [2.05, 4.69) is 52.4 Å². The number of rotatable bonds is 3. The number of nitrogens with two attached hydrogens (primary N) is 1. The molecule has 21 heavy (non-hydrogen) atoms. The van der Waals surface area contributed by atoms with E-state index in [1.807, 2.05) is 6.20 Å². The maximum Gasteiger partial charge on any atom is 0.126 e. The Morgan fingerprint density at radius 2 is 1.81 bits per heavy atom. The van der Waals surface area contributed by atoms with Crippen LogP contribution in [-0.2, 0) is 19.4 Å². The fourth-order valence-electron chi connectivity index (χ4n) is 2.99. The molecule has 0 saturated heterocycles. The van der Waals surface area contributed by atoms with Crippen LogP contribution in [0.3, 0.4) is 0 Å². The third-order valence-corrected chi connectivity index (χ3v) is 4.19. The second kappa shape index (κ2) is 4.77. The number of H-pyrrole nitrogens is 1. The first-order valence-electron chi connectivity index (χ1n) is 7.28. The molecular weight excluding hydrogens is 258 g/mol. The van der Waals surface area contributed by atoms with Crippen molar-refractivity contribution in [3.05, 3.63) is 70.9 Å². The minimum atomic E-state index is 0.675. The van der Waals surface area contributed by atoms with E-state index in [1.165, 1.54) is 27.6 Å². The number of hydrogen-bond donors (Lipinski definition) is 2. The van der Waals surface area contributed by atoms with Crippen LogP contribution in [0, 0.1) is 0 Å². The summed E-state index contributed by atoms with van der Waals surface area (Å²) in [5.41, 5.74) is 12.1. The first-order chi connectivity index (χ1) is 10.3. The largest absolute Gasteiger partial charge is 0.383 e. The third kappa shape index (κ3) is 2.21. The average molecular weight is 275 g/mol. The lowest BCUT2D eigenvalue weighted by Gasteiger charge is -2.06. The fraction of sp³-hybridized carbons (Fsp3) is 0.167. The zero-order valence-corrected chi connectivity index (χ0v) is 11.8. The SMILES string of the molecule is NC1=NCc2cc(CCc3ccc4[nH]ccc4c3)ccc21. The predicted molar refractivity (Wildman–Crippen MR) is 86.6 cm³/mol. The highest BCUT2D eigenvalue weighted by atomic mass is 14.9. The summed E-state index contributed by atoms with van der Waals surface area (Å²) in [6, 6.07) is 15.3. The van der Waals surface area contributed by atoms with E-state index in [0.29, 0.717) is 5.84 Å². The van der Waals surface area contributed by atoms with Gasteiger partial charge in [-0.1, -0.05) is 24.3 Å². The Morgan fingerprint density at radius 3 is 2.71 bits per heavy atom. The molecule has 0 aliphatic carbocycles. The Hall–Kier alpha value is -2.55. The van der Waals surface area contributed by atoms with Gasteiger partial charge >= 0.3 is 0 Å². The molecule has 3 heteroatoms. The Balaban J connectivity index is 1.52. The van der Waals surface area contributed by atoms with Crippen molar-refractivity contribution in [1.82, 2.24) is 4.98 Å². The van der Waals surface area contributed by atoms with Crippen molar-refractivity contribution >= 4 is 16.7 Å². The highest BCUT2D eigenvalue weighted by Crippen LogP contribution is 2.20. The molecule has 1 aliphatic heterocycles. The van der Waals surface area contributed by atoms with Crippen molar-refractivity contribution in [3.63, 3.8) is 0 Å². The number of amidine groups is 1. The Labute approximate surface area is 123 Å². The van der Waals surface area contributed by atoms with Crippen LogP contribution >= 0.6 is 0 Å². The Morgan fingerprint density at radius 1 is 1.00 bits per heavy atom. The number of nitrogens with one attached hydrogen (secondary N) is 1. The van der Waals surface area contributed by atoms with Crippen molar-refractivity contribution in [2.75, 3.05) is 0 Å². The van der Waals surface area contributed by atoms with E-state index in [9.17, 15) is 0 Å². The highest BCUT2D eigenvalue weighted by molar-refractivity contribution is 6.00. The maximum atomic E-state index is 5.85. The number of nitrogens with zero attached hydrogens (tertiary/aromatic N) is 1. The van der Waals surface area contributed by atoms with Crippen molar-refractivity contribution in [1.29, 1.82) is 0 Å². The standard InChI is InChI=1S/C18H17N3/c19-18-16-5-3-12(10-15(16)11-21-18)1-2-13-4-6-17-14(9-13)7-8-20-17/h3-10,20H,1-2,11H2,(H2,19,21). The molecule has 0 saturated carbocycles. The molecule has 1 aromatic heterocycles. The van der Waals surface area contributed by atoms with Gasteiger partial charge in [0, 0.05) is 17.3 Å². The highest BCUT2D eigenvalue weighted by Gasteiger charge is 2.12. The van der Waals surface area contributed by atoms with E-state index in [0.717, 1.165) is 24.9 Å². The van der Waals surface area contributed by atoms with Crippen LogP contribution in [0.15, 0.2) is 53.7 Å². The molecule has 2 heterocycles. The van der Waals surface area contributed by atoms with Gasteiger partial charge in [-0.15, -0.1) is 0 Å². The lowest BCUT2D eigenvalue weighted by atomic mass is 9.99. The quantitative estimate of drug-likeness (QED) is 0.758. The topological polar surface area (TPSA) is 54.2 Å². The summed E-state index contributed by atoms with van der Waals surface area (Å²) >= 11 is 0. The van der Waals surface area contributed by atoms with Crippen LogP contribution in [0.2, 0.25) is 0 Å². The third-order valence-electron chi connectivity index (χ3n) is 4.19. The number of hydrogen-bond acceptors (Lipinski definition) is 2. The lowest BCUT2D eigenvalue weighted by molar-refractivity contribution is 0.955. The van der Waals surface area contributed by atoms with E-state index in [-0.39, 0.29) is 0 Å². The molecule has 4 rings (SSSR count). The molecule has 0 fully saturated rings. The normalized spacial score (nSPS) is 13.4. The summed E-state index contributed by atoms with van der Waals surface area (Å²) in [5.74, 6) is 0.675. The van der Waals surface area contributed by atoms with Gasteiger partial charge in [-0.3, -0.25) is 4.99 Å². The van der Waals surface area contributed by atoms with Crippen LogP contribution in [0.5, 0.6) is 0 Å². The molecule has 2 aromatic carbocycles. The zero-order valence-electron chi connectivity index (χ0n) is 11.8. The average Bonchev–Trinajstić information content (AvgIpc) is 3.11. The minimum absolute atomic E-state index is 0.675.